The van der Waals surface area contributed by atoms with Gasteiger partial charge >= 0.3 is 5.97 Å². The van der Waals surface area contributed by atoms with Crippen LogP contribution in [0.5, 0.6) is 0 Å². The van der Waals surface area contributed by atoms with E-state index in [-0.39, 0.29) is 41.1 Å². The van der Waals surface area contributed by atoms with Gasteiger partial charge in [-0.25, -0.2) is 9.18 Å². The molecule has 0 spiro atoms. The number of guanidine groups is 1. The largest absolute Gasteiger partial charge is 0.480 e. The number of aliphatic imine (C=N–C) groups is 1. The monoisotopic (exact) mass is 547 g/mol. The van der Waals surface area contributed by atoms with Crippen LogP contribution in [0, 0.1) is 0 Å². The smallest absolute Gasteiger partial charge is 0.328 e. The maximum Gasteiger partial charge on any atom is 0.328 e. The van der Waals surface area contributed by atoms with Crippen LogP contribution in [-0.2, 0) is 11.2 Å². The molecule has 0 saturated carbocycles. The minimum Gasteiger partial charge on any atom is -0.480 e. The summed E-state index contributed by atoms with van der Waals surface area (Å²) in [6.45, 7) is 3.96. The number of amides is 1. The van der Waals surface area contributed by atoms with Gasteiger partial charge in [0.25, 0.3) is 5.91 Å². The van der Waals surface area contributed by atoms with Crippen molar-refractivity contribution in [1.82, 2.24) is 16.0 Å². The quantitative estimate of drug-likeness (QED) is 0.0792. The van der Waals surface area contributed by atoms with E-state index >= 15 is 0 Å². The number of hydrogen-bond donors (Lipinski definition) is 7. The van der Waals surface area contributed by atoms with E-state index in [2.05, 4.69) is 27.5 Å². The first-order valence-electron chi connectivity index (χ1n) is 11.0. The zero-order valence-corrected chi connectivity index (χ0v) is 21.3. The number of allylic oxidation sites excluding steroid dienone is 2. The van der Waals surface area contributed by atoms with Crippen molar-refractivity contribution in [3.05, 3.63) is 58.1 Å². The number of aliphatic carboxylic acids is 1. The van der Waals surface area contributed by atoms with Crippen LogP contribution < -0.4 is 21.7 Å². The molecule has 1 aromatic rings. The summed E-state index contributed by atoms with van der Waals surface area (Å²) in [5, 5.41) is 37.1. The number of hydrogen-bond acceptors (Lipinski definition) is 6. The number of aliphatic hydroxyl groups excluding tert-OH is 2. The second-order valence-corrected chi connectivity index (χ2v) is 8.57. The number of aliphatic hydroxyl groups is 2. The lowest BCUT2D eigenvalue weighted by molar-refractivity contribution is -0.138. The van der Waals surface area contributed by atoms with Gasteiger partial charge in [-0.2, -0.15) is 0 Å². The number of carboxylic acid groups (broad SMARTS) is 1. The van der Waals surface area contributed by atoms with Crippen molar-refractivity contribution in [2.24, 2.45) is 10.7 Å². The molecule has 1 rings (SSSR count). The van der Waals surface area contributed by atoms with Gasteiger partial charge < -0.3 is 37.0 Å². The standard InChI is InChI=1S/C23H32Cl2FN5O5/c1-3-4-5-18(32)19(33)7-6-14-10-15(24)20(16(25)11-14)21(34)31-17(22(35)36)12-29-23(28-9-8-26)30-13(2)27/h3-5,10-11,13,17-19,32-33H,1,6-9,12,27H2,2H3,(H,31,34)(H,35,36)(H2,28,29,30)/b5-4-/t13?,17-,18?,19?/m0/s1. The number of alkyl halides is 1. The van der Waals surface area contributed by atoms with Crippen LogP contribution in [0.3, 0.4) is 0 Å². The van der Waals surface area contributed by atoms with Gasteiger partial charge in [0.1, 0.15) is 12.7 Å². The fourth-order valence-corrected chi connectivity index (χ4v) is 3.63. The average Bonchev–Trinajstić information content (AvgIpc) is 2.80. The number of halogens is 3. The summed E-state index contributed by atoms with van der Waals surface area (Å²) >= 11 is 12.5. The molecule has 36 heavy (non-hydrogen) atoms. The third-order valence-electron chi connectivity index (χ3n) is 4.68. The molecule has 0 aromatic heterocycles. The Morgan fingerprint density at radius 2 is 1.89 bits per heavy atom. The Balaban J connectivity index is 2.94. The second-order valence-electron chi connectivity index (χ2n) is 7.75. The zero-order valence-electron chi connectivity index (χ0n) is 19.8. The van der Waals surface area contributed by atoms with Crippen molar-refractivity contribution >= 4 is 41.0 Å². The molecule has 3 unspecified atom stereocenters. The topological polar surface area (TPSA) is 169 Å². The van der Waals surface area contributed by atoms with Crippen LogP contribution in [0.4, 0.5) is 4.39 Å². The Morgan fingerprint density at radius 1 is 1.25 bits per heavy atom. The maximum atomic E-state index is 12.8. The minimum absolute atomic E-state index is 0.0202. The molecule has 0 aliphatic heterocycles. The molecule has 0 saturated heterocycles. The molecule has 1 amide bonds. The van der Waals surface area contributed by atoms with Gasteiger partial charge in [0.15, 0.2) is 5.96 Å². The fourth-order valence-electron chi connectivity index (χ4n) is 2.93. The van der Waals surface area contributed by atoms with Crippen LogP contribution in [0.15, 0.2) is 41.9 Å². The van der Waals surface area contributed by atoms with Crippen LogP contribution in [-0.4, -0.2) is 77.3 Å². The summed E-state index contributed by atoms with van der Waals surface area (Å²) in [7, 11) is 0. The summed E-state index contributed by atoms with van der Waals surface area (Å²) < 4.78 is 12.5. The fraction of sp³-hybridized carbons (Fsp3) is 0.435. The number of carbonyl (C=O) groups is 2. The molecule has 8 N–H and O–H groups in total. The summed E-state index contributed by atoms with van der Waals surface area (Å²) in [5.74, 6) is -2.11. The van der Waals surface area contributed by atoms with Crippen LogP contribution >= 0.6 is 23.2 Å². The van der Waals surface area contributed by atoms with Crippen molar-refractivity contribution < 1.29 is 29.3 Å². The lowest BCUT2D eigenvalue weighted by Gasteiger charge is -2.18. The first-order chi connectivity index (χ1) is 17.0. The Hall–Kier alpha value is -2.70. The van der Waals surface area contributed by atoms with Crippen molar-refractivity contribution in [2.75, 3.05) is 19.8 Å². The van der Waals surface area contributed by atoms with Crippen LogP contribution in [0.2, 0.25) is 10.0 Å². The Labute approximate surface area is 219 Å². The summed E-state index contributed by atoms with van der Waals surface area (Å²) in [6.07, 6.45) is 2.22. The Kier molecular flexibility index (Phi) is 14.0. The van der Waals surface area contributed by atoms with Crippen molar-refractivity contribution in [3.8, 4) is 0 Å². The van der Waals surface area contributed by atoms with E-state index < -0.39 is 43.0 Å². The molecule has 13 heteroatoms. The van der Waals surface area contributed by atoms with E-state index in [1.807, 2.05) is 0 Å². The zero-order chi connectivity index (χ0) is 27.3. The van der Waals surface area contributed by atoms with Gasteiger partial charge in [0, 0.05) is 6.54 Å². The van der Waals surface area contributed by atoms with E-state index in [1.54, 1.807) is 6.92 Å². The first-order valence-corrected chi connectivity index (χ1v) is 11.8. The van der Waals surface area contributed by atoms with Gasteiger partial charge in [-0.1, -0.05) is 48.0 Å². The Morgan fingerprint density at radius 3 is 2.42 bits per heavy atom. The average molecular weight is 548 g/mol. The minimum atomic E-state index is -1.44. The van der Waals surface area contributed by atoms with Crippen molar-refractivity contribution in [3.63, 3.8) is 0 Å². The van der Waals surface area contributed by atoms with Crippen molar-refractivity contribution in [2.45, 2.75) is 44.2 Å². The number of rotatable bonds is 14. The second kappa shape index (κ2) is 16.1. The van der Waals surface area contributed by atoms with Gasteiger partial charge in [0.2, 0.25) is 0 Å². The predicted octanol–water partition coefficient (Wildman–Crippen LogP) is 1.38. The lowest BCUT2D eigenvalue weighted by Crippen LogP contribution is -2.48. The van der Waals surface area contributed by atoms with Crippen LogP contribution in [0.25, 0.3) is 0 Å². The molecule has 0 heterocycles. The maximum absolute atomic E-state index is 12.8. The van der Waals surface area contributed by atoms with Crippen molar-refractivity contribution in [1.29, 1.82) is 0 Å². The number of carbonyl (C=O) groups excluding carboxylic acids is 1. The molecule has 10 nitrogen and oxygen atoms in total. The van der Waals surface area contributed by atoms with E-state index in [0.29, 0.717) is 12.0 Å². The molecule has 0 bridgehead atoms. The summed E-state index contributed by atoms with van der Waals surface area (Å²) in [6, 6.07) is 1.50. The highest BCUT2D eigenvalue weighted by Gasteiger charge is 2.24. The summed E-state index contributed by atoms with van der Waals surface area (Å²) in [4.78, 5) is 28.5. The highest BCUT2D eigenvalue weighted by atomic mass is 35.5. The van der Waals surface area contributed by atoms with E-state index in [4.69, 9.17) is 28.9 Å². The molecule has 0 aliphatic rings. The van der Waals surface area contributed by atoms with E-state index in [0.717, 1.165) is 0 Å². The normalized spacial score (nSPS) is 15.1. The summed E-state index contributed by atoms with van der Waals surface area (Å²) in [5.41, 5.74) is 6.11. The van der Waals surface area contributed by atoms with Gasteiger partial charge in [-0.3, -0.25) is 9.79 Å². The number of nitrogens with zero attached hydrogens (tertiary/aromatic N) is 1. The van der Waals surface area contributed by atoms with E-state index in [1.165, 1.54) is 30.4 Å². The highest BCUT2D eigenvalue weighted by Crippen LogP contribution is 2.28. The first kappa shape index (κ1) is 31.3. The molecule has 1 aromatic carbocycles. The number of aryl methyl sites for hydroxylation is 1. The highest BCUT2D eigenvalue weighted by molar-refractivity contribution is 6.39. The molecule has 0 radical (unpaired) electrons. The molecular weight excluding hydrogens is 516 g/mol. The van der Waals surface area contributed by atoms with Gasteiger partial charge in [0.05, 0.1) is 40.5 Å². The number of benzene rings is 1. The Bertz CT molecular complexity index is 938. The molecule has 200 valence electrons. The molecule has 4 atom stereocenters. The SMILES string of the molecule is C=C/C=C\C(O)C(O)CCc1cc(Cl)c(C(=O)N[C@@H](CN=C(NCCF)NC(C)N)C(=O)O)c(Cl)c1. The number of nitrogens with one attached hydrogen (secondary N) is 3. The molecular formula is C23H32Cl2FN5O5. The molecule has 0 fully saturated rings. The third kappa shape index (κ3) is 10.9. The van der Waals surface area contributed by atoms with E-state index in [9.17, 15) is 29.3 Å². The number of carboxylic acids is 1. The van der Waals surface area contributed by atoms with Gasteiger partial charge in [-0.15, -0.1) is 0 Å². The molecule has 0 aliphatic carbocycles. The lowest BCUT2D eigenvalue weighted by atomic mass is 10.0. The predicted molar refractivity (Wildman–Crippen MR) is 138 cm³/mol. The third-order valence-corrected chi connectivity index (χ3v) is 5.28. The number of nitrogens with two attached hydrogens (primary N) is 1. The van der Waals surface area contributed by atoms with Gasteiger partial charge in [-0.05, 0) is 37.5 Å². The van der Waals surface area contributed by atoms with Crippen LogP contribution in [0.1, 0.15) is 29.3 Å².